The summed E-state index contributed by atoms with van der Waals surface area (Å²) in [6, 6.07) is 15.7. The number of likely N-dealkylation sites (N-methyl/N-ethyl adjacent to an activating group) is 1. The highest BCUT2D eigenvalue weighted by molar-refractivity contribution is 5.28. The molecule has 1 atom stereocenters. The van der Waals surface area contributed by atoms with E-state index in [1.54, 1.807) is 12.1 Å². The van der Waals surface area contributed by atoms with Crippen molar-refractivity contribution in [2.75, 3.05) is 6.54 Å². The highest BCUT2D eigenvalue weighted by atomic mass is 19.1. The zero-order chi connectivity index (χ0) is 14.4. The lowest BCUT2D eigenvalue weighted by atomic mass is 9.96. The van der Waals surface area contributed by atoms with Crippen LogP contribution in [0, 0.1) is 5.82 Å². The van der Waals surface area contributed by atoms with Gasteiger partial charge in [-0.05, 0) is 48.2 Å². The Hall–Kier alpha value is -1.67. The predicted octanol–water partition coefficient (Wildman–Crippen LogP) is 4.28. The van der Waals surface area contributed by atoms with Crippen LogP contribution in [0.15, 0.2) is 48.5 Å². The van der Waals surface area contributed by atoms with E-state index in [2.05, 4.69) is 43.4 Å². The lowest BCUT2D eigenvalue weighted by Gasteiger charge is -2.19. The molecule has 0 saturated carbocycles. The summed E-state index contributed by atoms with van der Waals surface area (Å²) in [7, 11) is 0. The van der Waals surface area contributed by atoms with Gasteiger partial charge in [0.25, 0.3) is 0 Å². The van der Waals surface area contributed by atoms with Crippen LogP contribution in [0.4, 0.5) is 4.39 Å². The van der Waals surface area contributed by atoms with Crippen LogP contribution in [-0.4, -0.2) is 6.54 Å². The number of rotatable bonds is 6. The average molecular weight is 271 g/mol. The van der Waals surface area contributed by atoms with Crippen molar-refractivity contribution in [3.05, 3.63) is 71.0 Å². The molecule has 106 valence electrons. The van der Waals surface area contributed by atoms with Gasteiger partial charge in [-0.2, -0.15) is 0 Å². The van der Waals surface area contributed by atoms with Gasteiger partial charge in [-0.1, -0.05) is 50.2 Å². The third-order valence-electron chi connectivity index (χ3n) is 3.54. The number of aryl methyl sites for hydroxylation is 1. The van der Waals surface area contributed by atoms with Crippen LogP contribution in [0.3, 0.4) is 0 Å². The van der Waals surface area contributed by atoms with Crippen molar-refractivity contribution in [2.45, 2.75) is 32.7 Å². The van der Waals surface area contributed by atoms with E-state index in [1.807, 2.05) is 6.07 Å². The number of halogens is 1. The van der Waals surface area contributed by atoms with E-state index in [0.717, 1.165) is 24.9 Å². The zero-order valence-electron chi connectivity index (χ0n) is 12.2. The van der Waals surface area contributed by atoms with Crippen LogP contribution < -0.4 is 5.32 Å². The fourth-order valence-electron chi connectivity index (χ4n) is 2.48. The Bertz CT molecular complexity index is 551. The molecule has 2 rings (SSSR count). The lowest BCUT2D eigenvalue weighted by Crippen LogP contribution is -2.23. The second-order valence-corrected chi connectivity index (χ2v) is 5.04. The Morgan fingerprint density at radius 1 is 1.00 bits per heavy atom. The van der Waals surface area contributed by atoms with Crippen molar-refractivity contribution in [3.8, 4) is 0 Å². The van der Waals surface area contributed by atoms with E-state index < -0.39 is 0 Å². The first-order valence-corrected chi connectivity index (χ1v) is 7.29. The molecule has 0 spiro atoms. The van der Waals surface area contributed by atoms with Gasteiger partial charge in [-0.3, -0.25) is 0 Å². The minimum atomic E-state index is -0.167. The molecule has 1 N–H and O–H groups in total. The second-order valence-electron chi connectivity index (χ2n) is 5.04. The van der Waals surface area contributed by atoms with Gasteiger partial charge < -0.3 is 5.32 Å². The van der Waals surface area contributed by atoms with E-state index in [-0.39, 0.29) is 11.9 Å². The molecule has 0 aromatic heterocycles. The van der Waals surface area contributed by atoms with Crippen molar-refractivity contribution >= 4 is 0 Å². The summed E-state index contributed by atoms with van der Waals surface area (Å²) in [5, 5.41) is 3.50. The topological polar surface area (TPSA) is 12.0 Å². The van der Waals surface area contributed by atoms with Crippen molar-refractivity contribution in [1.29, 1.82) is 0 Å². The van der Waals surface area contributed by atoms with E-state index in [1.165, 1.54) is 17.2 Å². The largest absolute Gasteiger partial charge is 0.310 e. The Kier molecular flexibility index (Phi) is 5.31. The highest BCUT2D eigenvalue weighted by Gasteiger charge is 2.11. The van der Waals surface area contributed by atoms with Crippen molar-refractivity contribution in [1.82, 2.24) is 5.32 Å². The Labute approximate surface area is 120 Å². The summed E-state index contributed by atoms with van der Waals surface area (Å²) < 4.78 is 13.3. The lowest BCUT2D eigenvalue weighted by molar-refractivity contribution is 0.546. The van der Waals surface area contributed by atoms with Crippen LogP contribution in [-0.2, 0) is 12.8 Å². The van der Waals surface area contributed by atoms with Crippen LogP contribution in [0.2, 0.25) is 0 Å². The maximum atomic E-state index is 13.3. The molecular weight excluding hydrogens is 249 g/mol. The minimum Gasteiger partial charge on any atom is -0.310 e. The first-order chi connectivity index (χ1) is 9.72. The molecule has 0 aliphatic heterocycles. The van der Waals surface area contributed by atoms with Gasteiger partial charge in [0.2, 0.25) is 0 Å². The van der Waals surface area contributed by atoms with E-state index in [9.17, 15) is 4.39 Å². The van der Waals surface area contributed by atoms with Gasteiger partial charge in [-0.15, -0.1) is 0 Å². The Balaban J connectivity index is 2.21. The van der Waals surface area contributed by atoms with Crippen molar-refractivity contribution in [3.63, 3.8) is 0 Å². The van der Waals surface area contributed by atoms with Gasteiger partial charge in [0.1, 0.15) is 5.82 Å². The van der Waals surface area contributed by atoms with Crippen molar-refractivity contribution < 1.29 is 4.39 Å². The molecule has 1 nitrogen and oxygen atoms in total. The molecule has 0 radical (unpaired) electrons. The van der Waals surface area contributed by atoms with Gasteiger partial charge >= 0.3 is 0 Å². The minimum absolute atomic E-state index is 0.167. The number of hydrogen-bond donors (Lipinski definition) is 1. The first-order valence-electron chi connectivity index (χ1n) is 7.29. The van der Waals surface area contributed by atoms with Crippen LogP contribution >= 0.6 is 0 Å². The summed E-state index contributed by atoms with van der Waals surface area (Å²) in [6.45, 7) is 5.16. The van der Waals surface area contributed by atoms with E-state index in [4.69, 9.17) is 0 Å². The standard InChI is InChI=1S/C18H22FN/c1-3-14-7-5-9-16(11-14)18(20-4-2)13-15-8-6-10-17(19)12-15/h5-12,18,20H,3-4,13H2,1-2H3. The molecule has 2 aromatic rings. The van der Waals surface area contributed by atoms with Gasteiger partial charge in [0.15, 0.2) is 0 Å². The zero-order valence-corrected chi connectivity index (χ0v) is 12.2. The summed E-state index contributed by atoms with van der Waals surface area (Å²) in [6.07, 6.45) is 1.84. The van der Waals surface area contributed by atoms with Crippen LogP contribution in [0.25, 0.3) is 0 Å². The number of benzene rings is 2. The molecule has 0 amide bonds. The molecule has 2 aromatic carbocycles. The summed E-state index contributed by atoms with van der Waals surface area (Å²) in [5.74, 6) is -0.167. The average Bonchev–Trinajstić information content (AvgIpc) is 2.47. The molecular formula is C18H22FN. The summed E-state index contributed by atoms with van der Waals surface area (Å²) in [4.78, 5) is 0. The van der Waals surface area contributed by atoms with Gasteiger partial charge in [-0.25, -0.2) is 4.39 Å². The SMILES string of the molecule is CCNC(Cc1cccc(F)c1)c1cccc(CC)c1. The Morgan fingerprint density at radius 2 is 1.75 bits per heavy atom. The van der Waals surface area contributed by atoms with Crippen molar-refractivity contribution in [2.24, 2.45) is 0 Å². The fraction of sp³-hybridized carbons (Fsp3) is 0.333. The maximum absolute atomic E-state index is 13.3. The predicted molar refractivity (Wildman–Crippen MR) is 82.3 cm³/mol. The molecule has 2 heteroatoms. The van der Waals surface area contributed by atoms with Gasteiger partial charge in [0, 0.05) is 6.04 Å². The molecule has 0 bridgehead atoms. The van der Waals surface area contributed by atoms with Crippen LogP contribution in [0.5, 0.6) is 0 Å². The van der Waals surface area contributed by atoms with E-state index in [0.29, 0.717) is 0 Å². The van der Waals surface area contributed by atoms with Crippen LogP contribution in [0.1, 0.15) is 36.6 Å². The third kappa shape index (κ3) is 3.91. The molecule has 0 aliphatic carbocycles. The molecule has 0 heterocycles. The van der Waals surface area contributed by atoms with Gasteiger partial charge in [0.05, 0.1) is 0 Å². The Morgan fingerprint density at radius 3 is 2.45 bits per heavy atom. The first kappa shape index (κ1) is 14.7. The molecule has 20 heavy (non-hydrogen) atoms. The monoisotopic (exact) mass is 271 g/mol. The molecule has 1 unspecified atom stereocenters. The fourth-order valence-corrected chi connectivity index (χ4v) is 2.48. The quantitative estimate of drug-likeness (QED) is 0.827. The third-order valence-corrected chi connectivity index (χ3v) is 3.54. The second kappa shape index (κ2) is 7.20. The smallest absolute Gasteiger partial charge is 0.123 e. The summed E-state index contributed by atoms with van der Waals surface area (Å²) in [5.41, 5.74) is 3.64. The normalized spacial score (nSPS) is 12.3. The van der Waals surface area contributed by atoms with E-state index >= 15 is 0 Å². The molecule has 0 aliphatic rings. The maximum Gasteiger partial charge on any atom is 0.123 e. The molecule has 0 saturated heterocycles. The summed E-state index contributed by atoms with van der Waals surface area (Å²) >= 11 is 0. The number of nitrogens with one attached hydrogen (secondary N) is 1. The molecule has 0 fully saturated rings. The number of hydrogen-bond acceptors (Lipinski definition) is 1. The highest BCUT2D eigenvalue weighted by Crippen LogP contribution is 2.20.